The summed E-state index contributed by atoms with van der Waals surface area (Å²) in [5.41, 5.74) is 8.03. The van der Waals surface area contributed by atoms with Crippen molar-refractivity contribution in [1.82, 2.24) is 15.1 Å². The van der Waals surface area contributed by atoms with Gasteiger partial charge in [-0.2, -0.15) is 4.98 Å². The fraction of sp³-hybridized carbons (Fsp3) is 0. The van der Waals surface area contributed by atoms with Crippen LogP contribution in [-0.2, 0) is 0 Å². The Kier molecular flexibility index (Phi) is 2.15. The fourth-order valence-electron chi connectivity index (χ4n) is 1.60. The highest BCUT2D eigenvalue weighted by Crippen LogP contribution is 2.25. The van der Waals surface area contributed by atoms with Crippen LogP contribution in [0.1, 0.15) is 0 Å². The van der Waals surface area contributed by atoms with Crippen LogP contribution in [0.15, 0.2) is 47.1 Å². The summed E-state index contributed by atoms with van der Waals surface area (Å²) in [5.74, 6) is 0.945. The number of benzene rings is 1. The van der Waals surface area contributed by atoms with Gasteiger partial charge in [0, 0.05) is 11.9 Å². The van der Waals surface area contributed by atoms with E-state index in [1.807, 2.05) is 36.5 Å². The van der Waals surface area contributed by atoms with Crippen LogP contribution >= 0.6 is 0 Å². The topological polar surface area (TPSA) is 80.7 Å². The van der Waals surface area contributed by atoms with Crippen molar-refractivity contribution >= 4 is 5.69 Å². The molecule has 0 bridgehead atoms. The SMILES string of the molecule is Nc1ccccc1-c1nc(-c2ccc[nH]2)no1. The third-order valence-electron chi connectivity index (χ3n) is 2.46. The molecule has 0 fully saturated rings. The Hall–Kier alpha value is -2.56. The first kappa shape index (κ1) is 9.65. The Balaban J connectivity index is 2.04. The first-order valence-electron chi connectivity index (χ1n) is 5.17. The van der Waals surface area contributed by atoms with E-state index in [4.69, 9.17) is 10.3 Å². The number of rotatable bonds is 2. The number of nitrogens with two attached hydrogens (primary N) is 1. The molecule has 0 spiro atoms. The van der Waals surface area contributed by atoms with Crippen molar-refractivity contribution in [2.45, 2.75) is 0 Å². The lowest BCUT2D eigenvalue weighted by molar-refractivity contribution is 0.432. The molecule has 3 rings (SSSR count). The van der Waals surface area contributed by atoms with Gasteiger partial charge in [-0.1, -0.05) is 17.3 Å². The van der Waals surface area contributed by atoms with Crippen LogP contribution in [0.5, 0.6) is 0 Å². The number of hydrogen-bond donors (Lipinski definition) is 2. The molecule has 0 saturated heterocycles. The molecule has 1 aromatic carbocycles. The molecule has 5 nitrogen and oxygen atoms in total. The molecule has 0 radical (unpaired) electrons. The molecule has 0 aliphatic heterocycles. The lowest BCUT2D eigenvalue weighted by atomic mass is 10.2. The molecule has 0 aliphatic rings. The molecule has 0 aliphatic carbocycles. The first-order valence-corrected chi connectivity index (χ1v) is 5.17. The van der Waals surface area contributed by atoms with E-state index >= 15 is 0 Å². The van der Waals surface area contributed by atoms with Crippen LogP contribution in [0.3, 0.4) is 0 Å². The van der Waals surface area contributed by atoms with E-state index in [9.17, 15) is 0 Å². The maximum atomic E-state index is 5.84. The summed E-state index contributed by atoms with van der Waals surface area (Å²) in [6, 6.07) is 11.1. The lowest BCUT2D eigenvalue weighted by Crippen LogP contribution is -1.89. The van der Waals surface area contributed by atoms with E-state index in [2.05, 4.69) is 15.1 Å². The number of nitrogen functional groups attached to an aromatic ring is 1. The van der Waals surface area contributed by atoms with Gasteiger partial charge < -0.3 is 15.2 Å². The van der Waals surface area contributed by atoms with E-state index in [0.29, 0.717) is 17.4 Å². The molecule has 2 aromatic heterocycles. The molecule has 0 amide bonds. The molecule has 84 valence electrons. The zero-order valence-electron chi connectivity index (χ0n) is 8.92. The van der Waals surface area contributed by atoms with Gasteiger partial charge in [-0.25, -0.2) is 0 Å². The Bertz CT molecular complexity index is 628. The van der Waals surface area contributed by atoms with Crippen molar-refractivity contribution in [1.29, 1.82) is 0 Å². The van der Waals surface area contributed by atoms with Crippen molar-refractivity contribution < 1.29 is 4.52 Å². The minimum Gasteiger partial charge on any atom is -0.398 e. The third kappa shape index (κ3) is 1.67. The van der Waals surface area contributed by atoms with E-state index in [1.165, 1.54) is 0 Å². The van der Waals surface area contributed by atoms with Crippen LogP contribution in [0.25, 0.3) is 23.0 Å². The summed E-state index contributed by atoms with van der Waals surface area (Å²) in [6.45, 7) is 0. The molecule has 3 N–H and O–H groups in total. The standard InChI is InChI=1S/C12H10N4O/c13-9-5-2-1-4-8(9)12-15-11(16-17-12)10-6-3-7-14-10/h1-7,14H,13H2. The minimum atomic E-state index is 0.424. The predicted molar refractivity (Wildman–Crippen MR) is 63.9 cm³/mol. The molecule has 0 unspecified atom stereocenters. The highest BCUT2D eigenvalue weighted by molar-refractivity contribution is 5.70. The largest absolute Gasteiger partial charge is 0.398 e. The first-order chi connectivity index (χ1) is 8.34. The number of H-pyrrole nitrogens is 1. The second kappa shape index (κ2) is 3.79. The Labute approximate surface area is 97.3 Å². The normalized spacial score (nSPS) is 10.6. The van der Waals surface area contributed by atoms with E-state index in [-0.39, 0.29) is 0 Å². The van der Waals surface area contributed by atoms with Gasteiger partial charge in [0.15, 0.2) is 0 Å². The zero-order valence-corrected chi connectivity index (χ0v) is 8.92. The average Bonchev–Trinajstić information content (AvgIpc) is 3.00. The van der Waals surface area contributed by atoms with Crippen molar-refractivity contribution in [2.75, 3.05) is 5.73 Å². The van der Waals surface area contributed by atoms with Gasteiger partial charge in [-0.15, -0.1) is 0 Å². The van der Waals surface area contributed by atoms with Crippen LogP contribution in [-0.4, -0.2) is 15.1 Å². The van der Waals surface area contributed by atoms with Crippen LogP contribution in [0.4, 0.5) is 5.69 Å². The van der Waals surface area contributed by atoms with Gasteiger partial charge in [0.1, 0.15) is 0 Å². The number of hydrogen-bond acceptors (Lipinski definition) is 4. The molecule has 2 heterocycles. The number of aromatic nitrogens is 3. The molecule has 0 saturated carbocycles. The molecule has 0 atom stereocenters. The minimum absolute atomic E-state index is 0.424. The molecular formula is C12H10N4O. The van der Waals surface area contributed by atoms with E-state index in [0.717, 1.165) is 11.3 Å². The second-order valence-corrected chi connectivity index (χ2v) is 3.59. The summed E-state index contributed by atoms with van der Waals surface area (Å²) >= 11 is 0. The van der Waals surface area contributed by atoms with Crippen LogP contribution in [0.2, 0.25) is 0 Å². The van der Waals surface area contributed by atoms with E-state index in [1.54, 1.807) is 6.07 Å². The maximum absolute atomic E-state index is 5.84. The molecule has 17 heavy (non-hydrogen) atoms. The number of nitrogens with one attached hydrogen (secondary N) is 1. The van der Waals surface area contributed by atoms with Gasteiger partial charge in [0.25, 0.3) is 5.89 Å². The van der Waals surface area contributed by atoms with Crippen molar-refractivity contribution in [2.24, 2.45) is 0 Å². The van der Waals surface area contributed by atoms with Crippen LogP contribution in [0, 0.1) is 0 Å². The average molecular weight is 226 g/mol. The number of anilines is 1. The number of para-hydroxylation sites is 1. The zero-order chi connectivity index (χ0) is 11.7. The summed E-state index contributed by atoms with van der Waals surface area (Å²) in [4.78, 5) is 7.31. The molecule has 3 aromatic rings. The molecule has 5 heteroatoms. The summed E-state index contributed by atoms with van der Waals surface area (Å²) < 4.78 is 5.19. The van der Waals surface area contributed by atoms with Crippen molar-refractivity contribution in [3.8, 4) is 23.0 Å². The Morgan fingerprint density at radius 2 is 2.00 bits per heavy atom. The Morgan fingerprint density at radius 1 is 1.12 bits per heavy atom. The van der Waals surface area contributed by atoms with Crippen molar-refractivity contribution in [3.05, 3.63) is 42.6 Å². The molecular weight excluding hydrogens is 216 g/mol. The summed E-state index contributed by atoms with van der Waals surface area (Å²) in [6.07, 6.45) is 1.81. The smallest absolute Gasteiger partial charge is 0.260 e. The highest BCUT2D eigenvalue weighted by atomic mass is 16.5. The second-order valence-electron chi connectivity index (χ2n) is 3.59. The summed E-state index contributed by atoms with van der Waals surface area (Å²) in [7, 11) is 0. The number of nitrogens with zero attached hydrogens (tertiary/aromatic N) is 2. The van der Waals surface area contributed by atoms with Gasteiger partial charge in [-0.05, 0) is 24.3 Å². The van der Waals surface area contributed by atoms with Gasteiger partial charge >= 0.3 is 0 Å². The maximum Gasteiger partial charge on any atom is 0.260 e. The van der Waals surface area contributed by atoms with Gasteiger partial charge in [-0.3, -0.25) is 0 Å². The monoisotopic (exact) mass is 226 g/mol. The lowest BCUT2D eigenvalue weighted by Gasteiger charge is -1.97. The predicted octanol–water partition coefficient (Wildman–Crippen LogP) is 2.31. The van der Waals surface area contributed by atoms with E-state index < -0.39 is 0 Å². The van der Waals surface area contributed by atoms with Gasteiger partial charge in [0.2, 0.25) is 5.82 Å². The number of aromatic amines is 1. The third-order valence-corrected chi connectivity index (χ3v) is 2.46. The fourth-order valence-corrected chi connectivity index (χ4v) is 1.60. The Morgan fingerprint density at radius 3 is 2.76 bits per heavy atom. The van der Waals surface area contributed by atoms with Gasteiger partial charge in [0.05, 0.1) is 11.3 Å². The highest BCUT2D eigenvalue weighted by Gasteiger charge is 2.12. The quantitative estimate of drug-likeness (QED) is 0.657. The summed E-state index contributed by atoms with van der Waals surface area (Å²) in [5, 5.41) is 3.90. The van der Waals surface area contributed by atoms with Crippen LogP contribution < -0.4 is 5.73 Å². The van der Waals surface area contributed by atoms with Crippen molar-refractivity contribution in [3.63, 3.8) is 0 Å².